The molecule has 1 saturated carbocycles. The molecule has 1 fully saturated rings. The summed E-state index contributed by atoms with van der Waals surface area (Å²) in [6.07, 6.45) is 8.28. The molecule has 128 valence electrons. The number of hydrogen-bond acceptors (Lipinski definition) is 5. The van der Waals surface area contributed by atoms with Crippen LogP contribution in [0.3, 0.4) is 0 Å². The van der Waals surface area contributed by atoms with E-state index in [-0.39, 0.29) is 0 Å². The summed E-state index contributed by atoms with van der Waals surface area (Å²) in [5.41, 5.74) is 4.36. The number of nitrogens with one attached hydrogen (secondary N) is 2. The molecule has 2 N–H and O–H groups in total. The third-order valence-electron chi connectivity index (χ3n) is 4.73. The van der Waals surface area contributed by atoms with Gasteiger partial charge in [0.05, 0.1) is 12.2 Å². The number of nitrogens with zero attached hydrogens (tertiary/aromatic N) is 3. The second kappa shape index (κ2) is 7.60. The van der Waals surface area contributed by atoms with Crippen LogP contribution < -0.4 is 10.6 Å². The molecule has 2 aromatic rings. The first-order valence-electron chi connectivity index (χ1n) is 8.89. The molecule has 2 aromatic heterocycles. The van der Waals surface area contributed by atoms with Crippen molar-refractivity contribution in [1.29, 1.82) is 0 Å². The number of hydrogen-bond donors (Lipinski definition) is 2. The van der Waals surface area contributed by atoms with Crippen LogP contribution in [0.2, 0.25) is 0 Å². The summed E-state index contributed by atoms with van der Waals surface area (Å²) < 4.78 is 0. The maximum atomic E-state index is 4.70. The summed E-state index contributed by atoms with van der Waals surface area (Å²) >= 11 is 0. The maximum Gasteiger partial charge on any atom is 0.225 e. The van der Waals surface area contributed by atoms with Crippen molar-refractivity contribution < 1.29 is 0 Å². The van der Waals surface area contributed by atoms with Gasteiger partial charge in [-0.15, -0.1) is 0 Å². The highest BCUT2D eigenvalue weighted by Gasteiger charge is 2.16. The summed E-state index contributed by atoms with van der Waals surface area (Å²) in [4.78, 5) is 13.7. The van der Waals surface area contributed by atoms with Gasteiger partial charge in [0.25, 0.3) is 0 Å². The van der Waals surface area contributed by atoms with Crippen molar-refractivity contribution in [2.75, 3.05) is 10.6 Å². The van der Waals surface area contributed by atoms with Crippen LogP contribution in [0.25, 0.3) is 0 Å². The lowest BCUT2D eigenvalue weighted by atomic mass is 9.95. The SMILES string of the molecule is Cc1ccnc(CNc2nc(C)c(C)c(NC3CCCCC3)n2)c1. The summed E-state index contributed by atoms with van der Waals surface area (Å²) in [6.45, 7) is 6.84. The Morgan fingerprint density at radius 3 is 2.62 bits per heavy atom. The molecule has 0 aliphatic heterocycles. The highest BCUT2D eigenvalue weighted by molar-refractivity contribution is 5.50. The lowest BCUT2D eigenvalue weighted by Gasteiger charge is -2.24. The molecule has 5 nitrogen and oxygen atoms in total. The van der Waals surface area contributed by atoms with Gasteiger partial charge in [0.1, 0.15) is 5.82 Å². The standard InChI is InChI=1S/C19H27N5/c1-13-9-10-20-17(11-13)12-21-19-22-15(3)14(2)18(24-19)23-16-7-5-4-6-8-16/h9-11,16H,4-8,12H2,1-3H3,(H2,21,22,23,24). The van der Waals surface area contributed by atoms with Crippen molar-refractivity contribution in [2.24, 2.45) is 0 Å². The monoisotopic (exact) mass is 325 g/mol. The van der Waals surface area contributed by atoms with Crippen LogP contribution >= 0.6 is 0 Å². The first kappa shape index (κ1) is 16.7. The molecular weight excluding hydrogens is 298 g/mol. The number of aryl methyl sites for hydroxylation is 2. The van der Waals surface area contributed by atoms with Crippen LogP contribution in [-0.2, 0) is 6.54 Å². The van der Waals surface area contributed by atoms with Crippen LogP contribution in [0, 0.1) is 20.8 Å². The van der Waals surface area contributed by atoms with Gasteiger partial charge in [-0.25, -0.2) is 4.98 Å². The topological polar surface area (TPSA) is 62.7 Å². The van der Waals surface area contributed by atoms with Gasteiger partial charge in [0.2, 0.25) is 5.95 Å². The van der Waals surface area contributed by atoms with Crippen molar-refractivity contribution in [1.82, 2.24) is 15.0 Å². The lowest BCUT2D eigenvalue weighted by Crippen LogP contribution is -2.24. The summed E-state index contributed by atoms with van der Waals surface area (Å²) in [7, 11) is 0. The van der Waals surface area contributed by atoms with Gasteiger partial charge in [-0.1, -0.05) is 19.3 Å². The smallest absolute Gasteiger partial charge is 0.225 e. The van der Waals surface area contributed by atoms with Crippen LogP contribution in [0.1, 0.15) is 54.6 Å². The first-order valence-corrected chi connectivity index (χ1v) is 8.89. The van der Waals surface area contributed by atoms with Crippen LogP contribution in [-0.4, -0.2) is 21.0 Å². The molecule has 0 atom stereocenters. The molecule has 24 heavy (non-hydrogen) atoms. The molecule has 0 unspecified atom stereocenters. The second-order valence-electron chi connectivity index (χ2n) is 6.76. The molecule has 3 rings (SSSR count). The van der Waals surface area contributed by atoms with Gasteiger partial charge in [-0.05, 0) is 51.3 Å². The van der Waals surface area contributed by atoms with E-state index in [2.05, 4.69) is 40.5 Å². The minimum atomic E-state index is 0.540. The number of pyridine rings is 1. The van der Waals surface area contributed by atoms with Gasteiger partial charge < -0.3 is 10.6 Å². The zero-order valence-electron chi connectivity index (χ0n) is 14.9. The van der Waals surface area contributed by atoms with Gasteiger partial charge in [-0.3, -0.25) is 4.98 Å². The minimum absolute atomic E-state index is 0.540. The molecule has 2 heterocycles. The zero-order valence-corrected chi connectivity index (χ0v) is 14.9. The Morgan fingerprint density at radius 1 is 1.08 bits per heavy atom. The highest BCUT2D eigenvalue weighted by Crippen LogP contribution is 2.24. The minimum Gasteiger partial charge on any atom is -0.367 e. The van der Waals surface area contributed by atoms with Crippen LogP contribution in [0.15, 0.2) is 18.3 Å². The average molecular weight is 325 g/mol. The average Bonchev–Trinajstić information content (AvgIpc) is 2.58. The van der Waals surface area contributed by atoms with Gasteiger partial charge >= 0.3 is 0 Å². The van der Waals surface area contributed by atoms with Gasteiger partial charge in [0.15, 0.2) is 0 Å². The van der Waals surface area contributed by atoms with E-state index in [0.29, 0.717) is 18.5 Å². The van der Waals surface area contributed by atoms with Crippen LogP contribution in [0.5, 0.6) is 0 Å². The predicted octanol–water partition coefficient (Wildman–Crippen LogP) is 4.15. The Labute approximate surface area is 144 Å². The second-order valence-corrected chi connectivity index (χ2v) is 6.76. The Hall–Kier alpha value is -2.17. The molecule has 0 amide bonds. The fourth-order valence-electron chi connectivity index (χ4n) is 3.15. The third-order valence-corrected chi connectivity index (χ3v) is 4.73. The van der Waals surface area contributed by atoms with Crippen molar-refractivity contribution in [3.8, 4) is 0 Å². The molecule has 0 spiro atoms. The largest absolute Gasteiger partial charge is 0.367 e. The van der Waals surface area contributed by atoms with E-state index in [9.17, 15) is 0 Å². The molecule has 0 saturated heterocycles. The number of anilines is 2. The van der Waals surface area contributed by atoms with E-state index in [1.807, 2.05) is 19.2 Å². The summed E-state index contributed by atoms with van der Waals surface area (Å²) in [5, 5.41) is 6.94. The molecular formula is C19H27N5. The summed E-state index contributed by atoms with van der Waals surface area (Å²) in [5.74, 6) is 1.63. The van der Waals surface area contributed by atoms with E-state index in [4.69, 9.17) is 4.98 Å². The van der Waals surface area contributed by atoms with E-state index in [1.165, 1.54) is 37.7 Å². The van der Waals surface area contributed by atoms with Crippen molar-refractivity contribution in [2.45, 2.75) is 65.5 Å². The van der Waals surface area contributed by atoms with E-state index < -0.39 is 0 Å². The first-order chi connectivity index (χ1) is 11.6. The molecule has 0 aromatic carbocycles. The number of rotatable bonds is 5. The molecule has 1 aliphatic carbocycles. The zero-order chi connectivity index (χ0) is 16.9. The van der Waals surface area contributed by atoms with E-state index >= 15 is 0 Å². The molecule has 0 bridgehead atoms. The highest BCUT2D eigenvalue weighted by atomic mass is 15.2. The quantitative estimate of drug-likeness (QED) is 0.864. The Kier molecular flexibility index (Phi) is 5.28. The van der Waals surface area contributed by atoms with Crippen LogP contribution in [0.4, 0.5) is 11.8 Å². The normalized spacial score (nSPS) is 15.3. The van der Waals surface area contributed by atoms with Crippen molar-refractivity contribution >= 4 is 11.8 Å². The maximum absolute atomic E-state index is 4.70. The number of aromatic nitrogens is 3. The lowest BCUT2D eigenvalue weighted by molar-refractivity contribution is 0.461. The Bertz CT molecular complexity index is 692. The Morgan fingerprint density at radius 2 is 1.88 bits per heavy atom. The van der Waals surface area contributed by atoms with E-state index in [1.54, 1.807) is 0 Å². The van der Waals surface area contributed by atoms with Crippen molar-refractivity contribution in [3.63, 3.8) is 0 Å². The fraction of sp³-hybridized carbons (Fsp3) is 0.526. The Balaban J connectivity index is 1.71. The molecule has 1 aliphatic rings. The predicted molar refractivity (Wildman–Crippen MR) is 98.3 cm³/mol. The molecule has 0 radical (unpaired) electrons. The van der Waals surface area contributed by atoms with Gasteiger partial charge in [-0.2, -0.15) is 4.98 Å². The summed E-state index contributed by atoms with van der Waals surface area (Å²) in [6, 6.07) is 4.62. The fourth-order valence-corrected chi connectivity index (χ4v) is 3.15. The third kappa shape index (κ3) is 4.22. The van der Waals surface area contributed by atoms with Gasteiger partial charge in [0, 0.05) is 23.5 Å². The van der Waals surface area contributed by atoms with Crippen molar-refractivity contribution in [3.05, 3.63) is 40.8 Å². The van der Waals surface area contributed by atoms with E-state index in [0.717, 1.165) is 22.8 Å². The molecule has 5 heteroatoms.